The van der Waals surface area contributed by atoms with Crippen molar-refractivity contribution in [2.24, 2.45) is 5.10 Å². The quantitative estimate of drug-likeness (QED) is 0.454. The molecule has 1 aromatic heterocycles. The highest BCUT2D eigenvalue weighted by Crippen LogP contribution is 1.94. The van der Waals surface area contributed by atoms with Gasteiger partial charge in [0.25, 0.3) is 5.91 Å². The van der Waals surface area contributed by atoms with E-state index in [1.165, 1.54) is 20.2 Å². The number of nitrogens with one attached hydrogen (secondary N) is 1. The number of hydrogen-bond donors (Lipinski definition) is 1. The van der Waals surface area contributed by atoms with Gasteiger partial charge < -0.3 is 4.74 Å². The van der Waals surface area contributed by atoms with Gasteiger partial charge in [-0.3, -0.25) is 9.78 Å². The van der Waals surface area contributed by atoms with E-state index in [4.69, 9.17) is 0 Å². The fourth-order valence-corrected chi connectivity index (χ4v) is 0.890. The molecule has 0 aliphatic heterocycles. The molecule has 0 unspecified atom stereocenters. The van der Waals surface area contributed by atoms with Crippen LogP contribution in [0.25, 0.3) is 0 Å². The van der Waals surface area contributed by atoms with Crippen molar-refractivity contribution in [2.75, 3.05) is 7.11 Å². The summed E-state index contributed by atoms with van der Waals surface area (Å²) in [6, 6.07) is 3.22. The van der Waals surface area contributed by atoms with E-state index < -0.39 is 11.9 Å². The van der Waals surface area contributed by atoms with Gasteiger partial charge in [0.15, 0.2) is 0 Å². The Balaban J connectivity index is 2.63. The molecular formula is C10H11N3O3. The molecule has 1 heterocycles. The van der Waals surface area contributed by atoms with Crippen molar-refractivity contribution in [3.8, 4) is 0 Å². The third kappa shape index (κ3) is 3.16. The number of rotatable bonds is 3. The highest BCUT2D eigenvalue weighted by atomic mass is 16.5. The third-order valence-corrected chi connectivity index (χ3v) is 1.73. The molecule has 1 N–H and O–H groups in total. The van der Waals surface area contributed by atoms with Crippen LogP contribution in [0.4, 0.5) is 0 Å². The molecule has 1 rings (SSSR count). The predicted molar refractivity (Wildman–Crippen MR) is 56.8 cm³/mol. The smallest absolute Gasteiger partial charge is 0.353 e. The number of hydrazone groups is 1. The van der Waals surface area contributed by atoms with E-state index in [1.807, 2.05) is 0 Å². The van der Waals surface area contributed by atoms with Gasteiger partial charge in [-0.05, 0) is 19.1 Å². The van der Waals surface area contributed by atoms with Crippen molar-refractivity contribution in [2.45, 2.75) is 6.92 Å². The molecule has 1 aromatic rings. The number of pyridine rings is 1. The minimum Gasteiger partial charge on any atom is -0.464 e. The lowest BCUT2D eigenvalue weighted by Gasteiger charge is -2.00. The number of methoxy groups -OCH3 is 1. The number of amides is 1. The highest BCUT2D eigenvalue weighted by Gasteiger charge is 2.07. The van der Waals surface area contributed by atoms with Crippen molar-refractivity contribution in [1.29, 1.82) is 0 Å². The lowest BCUT2D eigenvalue weighted by Crippen LogP contribution is -2.22. The van der Waals surface area contributed by atoms with E-state index in [2.05, 4.69) is 20.2 Å². The summed E-state index contributed by atoms with van der Waals surface area (Å²) < 4.78 is 4.42. The summed E-state index contributed by atoms with van der Waals surface area (Å²) in [6.07, 6.45) is 2.96. The molecule has 0 aliphatic rings. The van der Waals surface area contributed by atoms with Crippen LogP contribution in [0.5, 0.6) is 0 Å². The number of ether oxygens (including phenoxy) is 1. The van der Waals surface area contributed by atoms with Crippen LogP contribution in [0.3, 0.4) is 0 Å². The van der Waals surface area contributed by atoms with Gasteiger partial charge in [0.2, 0.25) is 0 Å². The second-order valence-electron chi connectivity index (χ2n) is 2.87. The van der Waals surface area contributed by atoms with Crippen LogP contribution in [-0.2, 0) is 9.53 Å². The van der Waals surface area contributed by atoms with Gasteiger partial charge in [-0.2, -0.15) is 5.10 Å². The first-order chi connectivity index (χ1) is 7.65. The van der Waals surface area contributed by atoms with Crippen molar-refractivity contribution in [3.05, 3.63) is 30.1 Å². The van der Waals surface area contributed by atoms with Crippen molar-refractivity contribution < 1.29 is 14.3 Å². The van der Waals surface area contributed by atoms with Gasteiger partial charge in [0, 0.05) is 12.4 Å². The summed E-state index contributed by atoms with van der Waals surface area (Å²) in [7, 11) is 1.24. The topological polar surface area (TPSA) is 80.6 Å². The van der Waals surface area contributed by atoms with E-state index in [9.17, 15) is 9.59 Å². The van der Waals surface area contributed by atoms with E-state index in [0.717, 1.165) is 0 Å². The SMILES string of the molecule is COC(=O)/C(C)=N/NC(=O)c1cccnc1. The third-order valence-electron chi connectivity index (χ3n) is 1.73. The summed E-state index contributed by atoms with van der Waals surface area (Å²) >= 11 is 0. The predicted octanol–water partition coefficient (Wildman–Crippen LogP) is 0.360. The number of carbonyl (C=O) groups is 2. The lowest BCUT2D eigenvalue weighted by atomic mass is 10.3. The van der Waals surface area contributed by atoms with Gasteiger partial charge in [-0.25, -0.2) is 10.2 Å². The van der Waals surface area contributed by atoms with Gasteiger partial charge >= 0.3 is 5.97 Å². The number of nitrogens with zero attached hydrogens (tertiary/aromatic N) is 2. The summed E-state index contributed by atoms with van der Waals surface area (Å²) in [5, 5.41) is 3.59. The van der Waals surface area contributed by atoms with Crippen LogP contribution in [0.1, 0.15) is 17.3 Å². The second kappa shape index (κ2) is 5.59. The van der Waals surface area contributed by atoms with E-state index >= 15 is 0 Å². The maximum Gasteiger partial charge on any atom is 0.353 e. The van der Waals surface area contributed by atoms with Gasteiger partial charge in [-0.1, -0.05) is 0 Å². The average molecular weight is 221 g/mol. The number of hydrogen-bond acceptors (Lipinski definition) is 5. The lowest BCUT2D eigenvalue weighted by molar-refractivity contribution is -0.132. The Bertz CT molecular complexity index is 415. The summed E-state index contributed by atoms with van der Waals surface area (Å²) in [5.74, 6) is -1.03. The fourth-order valence-electron chi connectivity index (χ4n) is 0.890. The van der Waals surface area contributed by atoms with Crippen LogP contribution in [0, 0.1) is 0 Å². The first-order valence-electron chi connectivity index (χ1n) is 4.48. The van der Waals surface area contributed by atoms with Crippen LogP contribution in [-0.4, -0.2) is 29.7 Å². The largest absolute Gasteiger partial charge is 0.464 e. The molecule has 84 valence electrons. The monoisotopic (exact) mass is 221 g/mol. The molecule has 6 nitrogen and oxygen atoms in total. The Morgan fingerprint density at radius 2 is 2.25 bits per heavy atom. The van der Waals surface area contributed by atoms with E-state index in [1.54, 1.807) is 18.3 Å². The summed E-state index contributed by atoms with van der Waals surface area (Å²) in [5.41, 5.74) is 2.66. The number of carbonyl (C=O) groups excluding carboxylic acids is 2. The van der Waals surface area contributed by atoms with Crippen LogP contribution in [0.15, 0.2) is 29.6 Å². The summed E-state index contributed by atoms with van der Waals surface area (Å²) in [6.45, 7) is 1.44. The molecule has 0 saturated heterocycles. The Kier molecular flexibility index (Phi) is 4.14. The Hall–Kier alpha value is -2.24. The Morgan fingerprint density at radius 1 is 1.50 bits per heavy atom. The Morgan fingerprint density at radius 3 is 2.81 bits per heavy atom. The number of esters is 1. The molecule has 0 spiro atoms. The highest BCUT2D eigenvalue weighted by molar-refractivity contribution is 6.35. The zero-order valence-electron chi connectivity index (χ0n) is 8.93. The van der Waals surface area contributed by atoms with E-state index in [0.29, 0.717) is 5.56 Å². The molecule has 0 radical (unpaired) electrons. The first kappa shape index (κ1) is 11.8. The molecule has 0 saturated carbocycles. The van der Waals surface area contributed by atoms with Crippen LogP contribution < -0.4 is 5.43 Å². The molecule has 16 heavy (non-hydrogen) atoms. The van der Waals surface area contributed by atoms with Gasteiger partial charge in [0.1, 0.15) is 5.71 Å². The molecule has 0 aliphatic carbocycles. The van der Waals surface area contributed by atoms with E-state index in [-0.39, 0.29) is 5.71 Å². The zero-order chi connectivity index (χ0) is 12.0. The zero-order valence-corrected chi connectivity index (χ0v) is 8.93. The standard InChI is InChI=1S/C10H11N3O3/c1-7(10(15)16-2)12-13-9(14)8-4-3-5-11-6-8/h3-6H,1-2H3,(H,13,14)/b12-7+. The van der Waals surface area contributed by atoms with Crippen LogP contribution >= 0.6 is 0 Å². The number of aromatic nitrogens is 1. The molecule has 0 aromatic carbocycles. The minimum absolute atomic E-state index is 0.0692. The second-order valence-corrected chi connectivity index (χ2v) is 2.87. The molecule has 0 atom stereocenters. The van der Waals surface area contributed by atoms with Gasteiger partial charge in [0.05, 0.1) is 12.7 Å². The van der Waals surface area contributed by atoms with Crippen LogP contribution in [0.2, 0.25) is 0 Å². The Labute approximate surface area is 92.3 Å². The molecular weight excluding hydrogens is 210 g/mol. The van der Waals surface area contributed by atoms with Crippen molar-refractivity contribution in [1.82, 2.24) is 10.4 Å². The minimum atomic E-state index is -0.591. The van der Waals surface area contributed by atoms with Gasteiger partial charge in [-0.15, -0.1) is 0 Å². The summed E-state index contributed by atoms with van der Waals surface area (Å²) in [4.78, 5) is 26.2. The molecule has 0 fully saturated rings. The maximum atomic E-state index is 11.4. The first-order valence-corrected chi connectivity index (χ1v) is 4.48. The molecule has 6 heteroatoms. The van der Waals surface area contributed by atoms with Crippen molar-refractivity contribution >= 4 is 17.6 Å². The molecule has 0 bridgehead atoms. The van der Waals surface area contributed by atoms with Crippen molar-refractivity contribution in [3.63, 3.8) is 0 Å². The normalized spacial score (nSPS) is 10.8. The average Bonchev–Trinajstić information content (AvgIpc) is 2.35. The molecule has 1 amide bonds. The maximum absolute atomic E-state index is 11.4. The fraction of sp³-hybridized carbons (Fsp3) is 0.200.